The first-order valence-electron chi connectivity index (χ1n) is 17.4. The van der Waals surface area contributed by atoms with Crippen molar-refractivity contribution in [2.24, 2.45) is 23.7 Å². The van der Waals surface area contributed by atoms with Gasteiger partial charge in [0, 0.05) is 11.5 Å². The highest BCUT2D eigenvalue weighted by Gasteiger charge is 2.44. The molecule has 2 saturated carbocycles. The third kappa shape index (κ3) is 4.33. The first-order chi connectivity index (χ1) is 21.3. The second-order valence-electron chi connectivity index (χ2n) is 14.3. The zero-order valence-electron chi connectivity index (χ0n) is 25.4. The number of hydrogen-bond acceptors (Lipinski definition) is 1. The van der Waals surface area contributed by atoms with Gasteiger partial charge in [-0.2, -0.15) is 0 Å². The summed E-state index contributed by atoms with van der Waals surface area (Å²) in [7, 11) is 0. The number of allylic oxidation sites excluding steroid dienone is 16. The van der Waals surface area contributed by atoms with Crippen LogP contribution in [-0.4, -0.2) is 6.10 Å². The van der Waals surface area contributed by atoms with Crippen LogP contribution in [0.3, 0.4) is 0 Å². The molecule has 0 spiro atoms. The molecule has 43 heavy (non-hydrogen) atoms. The van der Waals surface area contributed by atoms with E-state index >= 15 is 0 Å². The van der Waals surface area contributed by atoms with E-state index in [1.807, 2.05) is 0 Å². The summed E-state index contributed by atoms with van der Waals surface area (Å²) < 4.78 is 6.49. The van der Waals surface area contributed by atoms with Crippen LogP contribution in [0.5, 0.6) is 5.75 Å². The molecule has 0 aromatic heterocycles. The van der Waals surface area contributed by atoms with Crippen LogP contribution in [0.1, 0.15) is 88.5 Å². The van der Waals surface area contributed by atoms with E-state index in [1.54, 1.807) is 39.0 Å². The molecule has 2 fully saturated rings. The van der Waals surface area contributed by atoms with Crippen molar-refractivity contribution in [3.05, 3.63) is 135 Å². The predicted octanol–water partition coefficient (Wildman–Crippen LogP) is 10.7. The highest BCUT2D eigenvalue weighted by Crippen LogP contribution is 2.56. The van der Waals surface area contributed by atoms with Crippen LogP contribution in [0.25, 0.3) is 0 Å². The van der Waals surface area contributed by atoms with Crippen molar-refractivity contribution in [1.82, 2.24) is 0 Å². The molecule has 0 saturated heterocycles. The summed E-state index contributed by atoms with van der Waals surface area (Å²) in [6.07, 6.45) is 40.3. The molecule has 0 radical (unpaired) electrons. The van der Waals surface area contributed by atoms with Gasteiger partial charge in [-0.1, -0.05) is 84.9 Å². The fourth-order valence-electron chi connectivity index (χ4n) is 10.1. The Morgan fingerprint density at radius 2 is 1.63 bits per heavy atom. The Kier molecular flexibility index (Phi) is 6.49. The topological polar surface area (TPSA) is 9.23 Å². The van der Waals surface area contributed by atoms with E-state index < -0.39 is 0 Å². The second kappa shape index (κ2) is 10.7. The molecule has 8 aliphatic rings. The minimum absolute atomic E-state index is 0.0988. The Morgan fingerprint density at radius 1 is 0.744 bits per heavy atom. The molecule has 9 rings (SSSR count). The van der Waals surface area contributed by atoms with Crippen LogP contribution in [0, 0.1) is 23.7 Å². The van der Waals surface area contributed by atoms with Gasteiger partial charge in [0.05, 0.1) is 5.92 Å². The van der Waals surface area contributed by atoms with Gasteiger partial charge in [0.2, 0.25) is 0 Å². The van der Waals surface area contributed by atoms with Crippen LogP contribution in [0.15, 0.2) is 130 Å². The Hall–Kier alpha value is -3.32. The van der Waals surface area contributed by atoms with Crippen molar-refractivity contribution >= 4 is 0 Å². The molecule has 1 heterocycles. The van der Waals surface area contributed by atoms with E-state index in [9.17, 15) is 0 Å². The number of fused-ring (bicyclic) bond motifs is 6. The van der Waals surface area contributed by atoms with Gasteiger partial charge >= 0.3 is 0 Å². The lowest BCUT2D eigenvalue weighted by molar-refractivity contribution is 0.265. The minimum Gasteiger partial charge on any atom is -0.485 e. The zero-order chi connectivity index (χ0) is 28.3. The van der Waals surface area contributed by atoms with Crippen LogP contribution >= 0.6 is 0 Å². The molecule has 1 heteroatoms. The molecular weight excluding hydrogens is 520 g/mol. The maximum absolute atomic E-state index is 6.49. The van der Waals surface area contributed by atoms with E-state index in [0.29, 0.717) is 11.8 Å². The maximum Gasteiger partial charge on any atom is 0.128 e. The first kappa shape index (κ1) is 26.1. The average molecular weight is 565 g/mol. The van der Waals surface area contributed by atoms with Crippen LogP contribution < -0.4 is 4.74 Å². The highest BCUT2D eigenvalue weighted by molar-refractivity contribution is 5.69. The third-order valence-electron chi connectivity index (χ3n) is 12.1. The molecule has 0 amide bonds. The molecule has 0 bridgehead atoms. The summed E-state index contributed by atoms with van der Waals surface area (Å²) in [4.78, 5) is 0. The van der Waals surface area contributed by atoms with Gasteiger partial charge < -0.3 is 4.74 Å². The fourth-order valence-corrected chi connectivity index (χ4v) is 10.1. The lowest BCUT2D eigenvalue weighted by Crippen LogP contribution is -2.30. The number of benzene rings is 1. The summed E-state index contributed by atoms with van der Waals surface area (Å²) >= 11 is 0. The Bertz CT molecular complexity index is 1620. The van der Waals surface area contributed by atoms with Crippen molar-refractivity contribution in [2.75, 3.05) is 0 Å². The molecule has 4 atom stereocenters. The van der Waals surface area contributed by atoms with Crippen molar-refractivity contribution in [3.8, 4) is 5.75 Å². The van der Waals surface area contributed by atoms with Gasteiger partial charge in [0.1, 0.15) is 11.9 Å². The Morgan fingerprint density at radius 3 is 2.58 bits per heavy atom. The summed E-state index contributed by atoms with van der Waals surface area (Å²) in [5.41, 5.74) is 14.5. The zero-order valence-corrected chi connectivity index (χ0v) is 25.4. The molecule has 7 aliphatic carbocycles. The lowest BCUT2D eigenvalue weighted by atomic mass is 9.61. The van der Waals surface area contributed by atoms with Gasteiger partial charge in [-0.05, 0) is 140 Å². The van der Waals surface area contributed by atoms with Crippen molar-refractivity contribution in [1.29, 1.82) is 0 Å². The average Bonchev–Trinajstić information content (AvgIpc) is 3.46. The van der Waals surface area contributed by atoms with E-state index in [-0.39, 0.29) is 12.0 Å². The van der Waals surface area contributed by atoms with Crippen molar-refractivity contribution < 1.29 is 4.74 Å². The smallest absolute Gasteiger partial charge is 0.128 e. The molecule has 0 N–H and O–H groups in total. The largest absolute Gasteiger partial charge is 0.485 e. The highest BCUT2D eigenvalue weighted by atomic mass is 16.5. The number of rotatable bonds is 3. The second-order valence-corrected chi connectivity index (χ2v) is 14.3. The monoisotopic (exact) mass is 564 g/mol. The van der Waals surface area contributed by atoms with Gasteiger partial charge in [0.25, 0.3) is 0 Å². The lowest BCUT2D eigenvalue weighted by Gasteiger charge is -2.43. The van der Waals surface area contributed by atoms with Crippen LogP contribution in [0.2, 0.25) is 0 Å². The Balaban J connectivity index is 1.07. The third-order valence-corrected chi connectivity index (χ3v) is 12.1. The van der Waals surface area contributed by atoms with Crippen LogP contribution in [0.4, 0.5) is 0 Å². The number of ether oxygens (including phenoxy) is 1. The van der Waals surface area contributed by atoms with E-state index in [1.165, 1.54) is 75.3 Å². The SMILES string of the molecule is C1=CCC2C(=C1)C(C1CCC(C3=CCC4CCCCC4=C3)CC1)=C1CCC=CC1=C2C1=CC=CC2Oc3ccccc3C12. The predicted molar refractivity (Wildman–Crippen MR) is 177 cm³/mol. The Labute approximate surface area is 257 Å². The van der Waals surface area contributed by atoms with Gasteiger partial charge in [-0.25, -0.2) is 0 Å². The first-order valence-corrected chi connectivity index (χ1v) is 17.4. The normalized spacial score (nSPS) is 34.1. The summed E-state index contributed by atoms with van der Waals surface area (Å²) in [5.74, 6) is 4.11. The molecule has 1 aliphatic heterocycles. The van der Waals surface area contributed by atoms with E-state index in [2.05, 4.69) is 85.0 Å². The molecule has 1 aromatic rings. The van der Waals surface area contributed by atoms with Gasteiger partial charge in [-0.15, -0.1) is 0 Å². The summed E-state index contributed by atoms with van der Waals surface area (Å²) in [6.45, 7) is 0. The summed E-state index contributed by atoms with van der Waals surface area (Å²) in [5, 5.41) is 0. The van der Waals surface area contributed by atoms with E-state index in [0.717, 1.165) is 30.4 Å². The van der Waals surface area contributed by atoms with Gasteiger partial charge in [-0.3, -0.25) is 0 Å². The van der Waals surface area contributed by atoms with Crippen LogP contribution in [-0.2, 0) is 0 Å². The fraction of sp³-hybridized carbons (Fsp3) is 0.429. The molecule has 218 valence electrons. The van der Waals surface area contributed by atoms with E-state index in [4.69, 9.17) is 4.74 Å². The standard InChI is InChI=1S/C42H44O/c1-2-11-30-26-31(25-22-27(30)10-1)28-20-23-29(24-21-28)40-32-12-3-5-14-34(32)41(35-15-6-4-13-33(35)40)37-17-9-19-39-42(37)36-16-7-8-18-38(36)43-39/h3,5-9,12,15-19,25-29,34,39,42H,1-2,4,10-11,13-14,20-24H2. The quantitative estimate of drug-likeness (QED) is 0.355. The molecule has 1 aromatic carbocycles. The minimum atomic E-state index is 0.0988. The molecule has 4 unspecified atom stereocenters. The number of hydrogen-bond donors (Lipinski definition) is 0. The van der Waals surface area contributed by atoms with Crippen molar-refractivity contribution in [2.45, 2.75) is 89.1 Å². The molecule has 1 nitrogen and oxygen atoms in total. The van der Waals surface area contributed by atoms with Gasteiger partial charge in [0.15, 0.2) is 0 Å². The van der Waals surface area contributed by atoms with Crippen molar-refractivity contribution in [3.63, 3.8) is 0 Å². The maximum atomic E-state index is 6.49. The number of para-hydroxylation sites is 1. The molecular formula is C42H44O. The summed E-state index contributed by atoms with van der Waals surface area (Å²) in [6, 6.07) is 8.74.